The minimum atomic E-state index is 0.227. The molecule has 1 heterocycles. The van der Waals surface area contributed by atoms with E-state index in [2.05, 4.69) is 73.0 Å². The number of nitrogens with one attached hydrogen (secondary N) is 1. The number of aromatic nitrogens is 1. The Hall–Kier alpha value is -0.870. The molecule has 1 aromatic carbocycles. The maximum absolute atomic E-state index is 4.62. The van der Waals surface area contributed by atoms with Gasteiger partial charge in [-0.15, -0.1) is 11.3 Å². The third-order valence-electron chi connectivity index (χ3n) is 3.17. The molecule has 0 spiro atoms. The number of nitrogens with zero attached hydrogens (tertiary/aromatic N) is 1. The van der Waals surface area contributed by atoms with Crippen molar-refractivity contribution >= 4 is 33.0 Å². The van der Waals surface area contributed by atoms with E-state index in [1.54, 1.807) is 11.3 Å². The van der Waals surface area contributed by atoms with E-state index in [4.69, 9.17) is 0 Å². The molecule has 0 radical (unpaired) electrons. The highest BCUT2D eigenvalue weighted by Crippen LogP contribution is 2.29. The molecule has 19 heavy (non-hydrogen) atoms. The minimum absolute atomic E-state index is 0.227. The first kappa shape index (κ1) is 14.5. The predicted molar refractivity (Wildman–Crippen MR) is 87.2 cm³/mol. The number of hydrogen-bond acceptors (Lipinski definition) is 3. The summed E-state index contributed by atoms with van der Waals surface area (Å²) in [5.74, 6) is 0. The van der Waals surface area contributed by atoms with Crippen LogP contribution in [0.4, 0.5) is 5.69 Å². The van der Waals surface area contributed by atoms with E-state index >= 15 is 0 Å². The molecule has 1 aromatic heterocycles. The van der Waals surface area contributed by atoms with Crippen LogP contribution >= 0.6 is 27.3 Å². The Kier molecular flexibility index (Phi) is 4.31. The summed E-state index contributed by atoms with van der Waals surface area (Å²) in [7, 11) is 0. The summed E-state index contributed by atoms with van der Waals surface area (Å²) < 4.78 is 1.19. The zero-order chi connectivity index (χ0) is 14.2. The van der Waals surface area contributed by atoms with Crippen molar-refractivity contribution in [2.24, 2.45) is 0 Å². The molecule has 0 aliphatic carbocycles. The van der Waals surface area contributed by atoms with Gasteiger partial charge in [0.05, 0.1) is 16.7 Å². The van der Waals surface area contributed by atoms with Crippen LogP contribution in [-0.4, -0.2) is 4.98 Å². The van der Waals surface area contributed by atoms with Crippen LogP contribution < -0.4 is 5.32 Å². The number of hydrogen-bond donors (Lipinski definition) is 1. The van der Waals surface area contributed by atoms with Gasteiger partial charge in [0, 0.05) is 15.0 Å². The summed E-state index contributed by atoms with van der Waals surface area (Å²) in [6, 6.07) is 4.56. The molecular formula is C15H19BrN2S. The quantitative estimate of drug-likeness (QED) is 0.819. The fourth-order valence-electron chi connectivity index (χ4n) is 2.29. The summed E-state index contributed by atoms with van der Waals surface area (Å²) in [5, 5.41) is 4.67. The van der Waals surface area contributed by atoms with Crippen molar-refractivity contribution in [3.8, 4) is 0 Å². The zero-order valence-corrected chi connectivity index (χ0v) is 14.4. The van der Waals surface area contributed by atoms with Crippen molar-refractivity contribution in [1.29, 1.82) is 0 Å². The first-order valence-electron chi connectivity index (χ1n) is 6.35. The Morgan fingerprint density at radius 2 is 1.74 bits per heavy atom. The maximum Gasteiger partial charge on any atom is 0.0901 e. The number of thiazole rings is 1. The van der Waals surface area contributed by atoms with E-state index in [-0.39, 0.29) is 6.04 Å². The van der Waals surface area contributed by atoms with Crippen molar-refractivity contribution in [2.45, 2.75) is 40.7 Å². The average Bonchev–Trinajstić information content (AvgIpc) is 2.65. The molecule has 0 bridgehead atoms. The SMILES string of the molecule is Cc1nc(C(C)Nc2cc(C)c(Br)c(C)c2)c(C)s1. The van der Waals surface area contributed by atoms with Crippen LogP contribution in [0.1, 0.15) is 39.7 Å². The van der Waals surface area contributed by atoms with Crippen LogP contribution in [0.2, 0.25) is 0 Å². The third-order valence-corrected chi connectivity index (χ3v) is 5.32. The largest absolute Gasteiger partial charge is 0.377 e. The number of halogens is 1. The molecule has 0 saturated heterocycles. The van der Waals surface area contributed by atoms with Gasteiger partial charge in [-0.3, -0.25) is 0 Å². The highest BCUT2D eigenvalue weighted by molar-refractivity contribution is 9.10. The average molecular weight is 339 g/mol. The molecule has 2 nitrogen and oxygen atoms in total. The molecule has 1 unspecified atom stereocenters. The highest BCUT2D eigenvalue weighted by atomic mass is 79.9. The minimum Gasteiger partial charge on any atom is -0.377 e. The van der Waals surface area contributed by atoms with Crippen LogP contribution in [0, 0.1) is 27.7 Å². The van der Waals surface area contributed by atoms with Gasteiger partial charge in [0.25, 0.3) is 0 Å². The highest BCUT2D eigenvalue weighted by Gasteiger charge is 2.13. The van der Waals surface area contributed by atoms with E-state index in [0.29, 0.717) is 0 Å². The van der Waals surface area contributed by atoms with E-state index in [0.717, 1.165) is 16.4 Å². The van der Waals surface area contributed by atoms with Gasteiger partial charge in [-0.05, 0) is 57.9 Å². The first-order valence-corrected chi connectivity index (χ1v) is 7.96. The third kappa shape index (κ3) is 3.18. The van der Waals surface area contributed by atoms with E-state index in [1.807, 2.05) is 0 Å². The number of rotatable bonds is 3. The van der Waals surface area contributed by atoms with Gasteiger partial charge in [0.15, 0.2) is 0 Å². The second kappa shape index (κ2) is 5.63. The normalized spacial score (nSPS) is 12.5. The summed E-state index contributed by atoms with van der Waals surface area (Å²) in [4.78, 5) is 5.91. The smallest absolute Gasteiger partial charge is 0.0901 e. The lowest BCUT2D eigenvalue weighted by Gasteiger charge is -2.16. The molecule has 0 saturated carbocycles. The Morgan fingerprint density at radius 1 is 1.16 bits per heavy atom. The van der Waals surface area contributed by atoms with Crippen molar-refractivity contribution in [3.05, 3.63) is 43.3 Å². The van der Waals surface area contributed by atoms with Crippen molar-refractivity contribution in [2.75, 3.05) is 5.32 Å². The maximum atomic E-state index is 4.62. The summed E-state index contributed by atoms with van der Waals surface area (Å²) in [6.45, 7) is 10.6. The van der Waals surface area contributed by atoms with Crippen molar-refractivity contribution in [3.63, 3.8) is 0 Å². The molecule has 0 aliphatic rings. The lowest BCUT2D eigenvalue weighted by atomic mass is 10.1. The van der Waals surface area contributed by atoms with Crippen LogP contribution in [-0.2, 0) is 0 Å². The molecule has 1 N–H and O–H groups in total. The standard InChI is InChI=1S/C15H19BrN2S/c1-8-6-13(7-9(2)14(8)16)17-10(3)15-11(4)19-12(5)18-15/h6-7,10,17H,1-5H3. The van der Waals surface area contributed by atoms with Crippen LogP contribution in [0.5, 0.6) is 0 Å². The Labute approximate surface area is 127 Å². The van der Waals surface area contributed by atoms with E-state index in [9.17, 15) is 0 Å². The second-order valence-electron chi connectivity index (χ2n) is 4.96. The van der Waals surface area contributed by atoms with Crippen LogP contribution in [0.15, 0.2) is 16.6 Å². The van der Waals surface area contributed by atoms with Gasteiger partial charge in [-0.25, -0.2) is 4.98 Å². The number of anilines is 1. The molecule has 4 heteroatoms. The Balaban J connectivity index is 2.24. The van der Waals surface area contributed by atoms with Gasteiger partial charge >= 0.3 is 0 Å². The number of benzene rings is 1. The lowest BCUT2D eigenvalue weighted by molar-refractivity contribution is 0.836. The second-order valence-corrected chi connectivity index (χ2v) is 7.16. The zero-order valence-electron chi connectivity index (χ0n) is 12.0. The molecule has 2 aromatic rings. The Morgan fingerprint density at radius 3 is 2.21 bits per heavy atom. The van der Waals surface area contributed by atoms with E-state index < -0.39 is 0 Å². The van der Waals surface area contributed by atoms with Crippen LogP contribution in [0.3, 0.4) is 0 Å². The fraction of sp³-hybridized carbons (Fsp3) is 0.400. The molecule has 0 aliphatic heterocycles. The van der Waals surface area contributed by atoms with Crippen LogP contribution in [0.25, 0.3) is 0 Å². The molecule has 0 fully saturated rings. The summed E-state index contributed by atoms with van der Waals surface area (Å²) in [6.07, 6.45) is 0. The van der Waals surface area contributed by atoms with Crippen molar-refractivity contribution < 1.29 is 0 Å². The fourth-order valence-corrected chi connectivity index (χ4v) is 3.44. The van der Waals surface area contributed by atoms with E-state index in [1.165, 1.54) is 20.5 Å². The van der Waals surface area contributed by atoms with Crippen molar-refractivity contribution in [1.82, 2.24) is 4.98 Å². The lowest BCUT2D eigenvalue weighted by Crippen LogP contribution is -2.08. The Bertz CT molecular complexity index is 581. The predicted octanol–water partition coefficient (Wildman–Crippen LogP) is 5.31. The topological polar surface area (TPSA) is 24.9 Å². The van der Waals surface area contributed by atoms with Gasteiger partial charge in [0.2, 0.25) is 0 Å². The van der Waals surface area contributed by atoms with Gasteiger partial charge in [-0.2, -0.15) is 0 Å². The molecular weight excluding hydrogens is 320 g/mol. The molecule has 102 valence electrons. The molecule has 2 rings (SSSR count). The summed E-state index contributed by atoms with van der Waals surface area (Å²) >= 11 is 5.36. The number of aryl methyl sites for hydroxylation is 4. The monoisotopic (exact) mass is 338 g/mol. The van der Waals surface area contributed by atoms with Gasteiger partial charge in [-0.1, -0.05) is 15.9 Å². The van der Waals surface area contributed by atoms with Gasteiger partial charge < -0.3 is 5.32 Å². The molecule has 0 amide bonds. The first-order chi connectivity index (χ1) is 8.88. The van der Waals surface area contributed by atoms with Gasteiger partial charge in [0.1, 0.15) is 0 Å². The molecule has 1 atom stereocenters. The summed E-state index contributed by atoms with van der Waals surface area (Å²) in [5.41, 5.74) is 4.80.